The molecular formula is C15H23BrN2O. The largest absolute Gasteiger partial charge is 0.372 e. The Morgan fingerprint density at radius 1 is 1.42 bits per heavy atom. The molecule has 0 aromatic heterocycles. The van der Waals surface area contributed by atoms with Gasteiger partial charge in [-0.2, -0.15) is 0 Å². The summed E-state index contributed by atoms with van der Waals surface area (Å²) in [7, 11) is 2.00. The minimum Gasteiger partial charge on any atom is -0.372 e. The maximum atomic E-state index is 5.80. The molecule has 0 amide bonds. The Bertz CT molecular complexity index is 448. The number of rotatable bonds is 3. The van der Waals surface area contributed by atoms with Crippen molar-refractivity contribution in [3.63, 3.8) is 0 Å². The van der Waals surface area contributed by atoms with Crippen molar-refractivity contribution in [2.24, 2.45) is 0 Å². The molecule has 1 aromatic carbocycles. The van der Waals surface area contributed by atoms with Crippen molar-refractivity contribution < 1.29 is 4.74 Å². The zero-order valence-corrected chi connectivity index (χ0v) is 13.8. The summed E-state index contributed by atoms with van der Waals surface area (Å²) in [5.74, 6) is 0. The van der Waals surface area contributed by atoms with Crippen LogP contribution >= 0.6 is 15.9 Å². The monoisotopic (exact) mass is 326 g/mol. The lowest BCUT2D eigenvalue weighted by Gasteiger charge is -2.40. The van der Waals surface area contributed by atoms with Gasteiger partial charge in [0.15, 0.2) is 0 Å². The standard InChI is InChI=1S/C15H23BrN2O/c1-11(17-4)13-9-12(16)5-6-14(13)18-7-8-19-15(2,3)10-18/h5-6,9,11,17H,7-8,10H2,1-4H3. The highest BCUT2D eigenvalue weighted by Gasteiger charge is 2.28. The summed E-state index contributed by atoms with van der Waals surface area (Å²) in [6.45, 7) is 9.16. The lowest BCUT2D eigenvalue weighted by molar-refractivity contribution is -0.0277. The zero-order chi connectivity index (χ0) is 14.0. The molecule has 1 unspecified atom stereocenters. The third-order valence-electron chi connectivity index (χ3n) is 3.66. The van der Waals surface area contributed by atoms with Crippen LogP contribution in [0.25, 0.3) is 0 Å². The first kappa shape index (κ1) is 14.8. The molecule has 0 radical (unpaired) electrons. The van der Waals surface area contributed by atoms with Crippen LogP contribution in [0.15, 0.2) is 22.7 Å². The molecule has 1 fully saturated rings. The topological polar surface area (TPSA) is 24.5 Å². The van der Waals surface area contributed by atoms with Gasteiger partial charge in [0.05, 0.1) is 12.2 Å². The van der Waals surface area contributed by atoms with Crippen LogP contribution in [-0.4, -0.2) is 32.3 Å². The average Bonchev–Trinajstić information content (AvgIpc) is 2.36. The lowest BCUT2D eigenvalue weighted by atomic mass is 10.0. The number of ether oxygens (including phenoxy) is 1. The predicted octanol–water partition coefficient (Wildman–Crippen LogP) is 3.34. The van der Waals surface area contributed by atoms with E-state index >= 15 is 0 Å². The average molecular weight is 327 g/mol. The Kier molecular flexibility index (Phi) is 4.54. The van der Waals surface area contributed by atoms with Gasteiger partial charge in [-0.1, -0.05) is 15.9 Å². The fourth-order valence-corrected chi connectivity index (χ4v) is 2.92. The summed E-state index contributed by atoms with van der Waals surface area (Å²) in [5, 5.41) is 3.33. The van der Waals surface area contributed by atoms with Gasteiger partial charge in [0.1, 0.15) is 0 Å². The minimum absolute atomic E-state index is 0.0779. The lowest BCUT2D eigenvalue weighted by Crippen LogP contribution is -2.48. The molecule has 1 heterocycles. The van der Waals surface area contributed by atoms with E-state index in [9.17, 15) is 0 Å². The number of nitrogens with one attached hydrogen (secondary N) is 1. The van der Waals surface area contributed by atoms with E-state index in [1.807, 2.05) is 7.05 Å². The van der Waals surface area contributed by atoms with Crippen LogP contribution in [-0.2, 0) is 4.74 Å². The number of benzene rings is 1. The van der Waals surface area contributed by atoms with Gasteiger partial charge in [0.2, 0.25) is 0 Å². The van der Waals surface area contributed by atoms with Crippen molar-refractivity contribution in [1.29, 1.82) is 0 Å². The fraction of sp³-hybridized carbons (Fsp3) is 0.600. The van der Waals surface area contributed by atoms with Gasteiger partial charge >= 0.3 is 0 Å². The number of hydrogen-bond donors (Lipinski definition) is 1. The molecule has 0 aliphatic carbocycles. The third kappa shape index (κ3) is 3.50. The van der Waals surface area contributed by atoms with Crippen LogP contribution in [0.4, 0.5) is 5.69 Å². The molecule has 1 aromatic rings. The third-order valence-corrected chi connectivity index (χ3v) is 4.15. The van der Waals surface area contributed by atoms with E-state index in [4.69, 9.17) is 4.74 Å². The van der Waals surface area contributed by atoms with Crippen LogP contribution in [0.1, 0.15) is 32.4 Å². The van der Waals surface area contributed by atoms with E-state index < -0.39 is 0 Å². The second kappa shape index (κ2) is 5.81. The Labute approximate surface area is 124 Å². The van der Waals surface area contributed by atoms with Crippen molar-refractivity contribution in [1.82, 2.24) is 5.32 Å². The van der Waals surface area contributed by atoms with Crippen molar-refractivity contribution >= 4 is 21.6 Å². The highest BCUT2D eigenvalue weighted by Crippen LogP contribution is 2.32. The molecule has 0 bridgehead atoms. The highest BCUT2D eigenvalue weighted by atomic mass is 79.9. The van der Waals surface area contributed by atoms with Crippen LogP contribution in [0, 0.1) is 0 Å². The highest BCUT2D eigenvalue weighted by molar-refractivity contribution is 9.10. The number of halogens is 1. The molecule has 0 spiro atoms. The van der Waals surface area contributed by atoms with Gasteiger partial charge in [-0.25, -0.2) is 0 Å². The summed E-state index contributed by atoms with van der Waals surface area (Å²) in [6.07, 6.45) is 0. The minimum atomic E-state index is -0.0779. The van der Waals surface area contributed by atoms with Gasteiger partial charge in [-0.3, -0.25) is 0 Å². The van der Waals surface area contributed by atoms with Crippen LogP contribution in [0.2, 0.25) is 0 Å². The molecule has 1 aliphatic rings. The summed E-state index contributed by atoms with van der Waals surface area (Å²) < 4.78 is 6.93. The first-order chi connectivity index (χ1) is 8.93. The van der Waals surface area contributed by atoms with Gasteiger partial charge < -0.3 is 15.0 Å². The molecule has 19 heavy (non-hydrogen) atoms. The summed E-state index contributed by atoms with van der Waals surface area (Å²) in [6, 6.07) is 6.86. The van der Waals surface area contributed by atoms with Crippen molar-refractivity contribution in [3.05, 3.63) is 28.2 Å². The molecule has 3 nitrogen and oxygen atoms in total. The number of morpholine rings is 1. The number of anilines is 1. The summed E-state index contributed by atoms with van der Waals surface area (Å²) in [5.41, 5.74) is 2.56. The van der Waals surface area contributed by atoms with E-state index in [2.05, 4.69) is 65.1 Å². The molecule has 106 valence electrons. The normalized spacial score (nSPS) is 20.4. The SMILES string of the molecule is CNC(C)c1cc(Br)ccc1N1CCOC(C)(C)C1. The maximum absolute atomic E-state index is 5.80. The molecule has 1 saturated heterocycles. The first-order valence-corrected chi connectivity index (χ1v) is 7.58. The number of hydrogen-bond acceptors (Lipinski definition) is 3. The fourth-order valence-electron chi connectivity index (χ4n) is 2.54. The van der Waals surface area contributed by atoms with E-state index in [1.54, 1.807) is 0 Å². The zero-order valence-electron chi connectivity index (χ0n) is 12.2. The molecule has 2 rings (SSSR count). The summed E-state index contributed by atoms with van der Waals surface area (Å²) >= 11 is 3.57. The maximum Gasteiger partial charge on any atom is 0.0801 e. The molecule has 1 atom stereocenters. The molecule has 4 heteroatoms. The van der Waals surface area contributed by atoms with Gasteiger partial charge in [0, 0.05) is 29.3 Å². The van der Waals surface area contributed by atoms with Gasteiger partial charge in [-0.05, 0) is 51.6 Å². The Morgan fingerprint density at radius 3 is 2.79 bits per heavy atom. The molecule has 1 aliphatic heterocycles. The van der Waals surface area contributed by atoms with Crippen molar-refractivity contribution in [2.45, 2.75) is 32.4 Å². The van der Waals surface area contributed by atoms with E-state index in [1.165, 1.54) is 11.3 Å². The van der Waals surface area contributed by atoms with E-state index in [-0.39, 0.29) is 5.60 Å². The van der Waals surface area contributed by atoms with Crippen molar-refractivity contribution in [2.75, 3.05) is 31.6 Å². The smallest absolute Gasteiger partial charge is 0.0801 e. The van der Waals surface area contributed by atoms with E-state index in [0.29, 0.717) is 6.04 Å². The molecule has 0 saturated carbocycles. The number of nitrogens with zero attached hydrogens (tertiary/aromatic N) is 1. The van der Waals surface area contributed by atoms with Crippen molar-refractivity contribution in [3.8, 4) is 0 Å². The second-order valence-electron chi connectivity index (χ2n) is 5.74. The van der Waals surface area contributed by atoms with Crippen LogP contribution < -0.4 is 10.2 Å². The first-order valence-electron chi connectivity index (χ1n) is 6.78. The van der Waals surface area contributed by atoms with Gasteiger partial charge in [0.25, 0.3) is 0 Å². The Balaban J connectivity index is 2.33. The Hall–Kier alpha value is -0.580. The van der Waals surface area contributed by atoms with Crippen LogP contribution in [0.3, 0.4) is 0 Å². The predicted molar refractivity (Wildman–Crippen MR) is 83.9 cm³/mol. The quantitative estimate of drug-likeness (QED) is 0.921. The van der Waals surface area contributed by atoms with Gasteiger partial charge in [-0.15, -0.1) is 0 Å². The molecule has 1 N–H and O–H groups in total. The van der Waals surface area contributed by atoms with Crippen LogP contribution in [0.5, 0.6) is 0 Å². The second-order valence-corrected chi connectivity index (χ2v) is 6.66. The molecular weight excluding hydrogens is 304 g/mol. The summed E-state index contributed by atoms with van der Waals surface area (Å²) in [4.78, 5) is 2.43. The Morgan fingerprint density at radius 2 is 2.16 bits per heavy atom. The van der Waals surface area contributed by atoms with E-state index in [0.717, 1.165) is 24.2 Å².